The molecule has 1 heterocycles. The first-order valence-electron chi connectivity index (χ1n) is 3.87. The predicted molar refractivity (Wildman–Crippen MR) is 43.3 cm³/mol. The monoisotopic (exact) mass is 206 g/mol. The second kappa shape index (κ2) is 3.93. The zero-order valence-electron chi connectivity index (χ0n) is 7.12. The Kier molecular flexibility index (Phi) is 3.07. The van der Waals surface area contributed by atoms with Gasteiger partial charge in [-0.1, -0.05) is 6.07 Å². The highest BCUT2D eigenvalue weighted by atomic mass is 19.4. The molecule has 0 saturated heterocycles. The number of hydrogen-bond acceptors (Lipinski definition) is 3. The molecule has 0 fully saturated rings. The van der Waals surface area contributed by atoms with Gasteiger partial charge in [0.25, 0.3) is 0 Å². The van der Waals surface area contributed by atoms with E-state index in [-0.39, 0.29) is 12.1 Å². The lowest BCUT2D eigenvalue weighted by Gasteiger charge is -2.14. The second-order valence-corrected chi connectivity index (χ2v) is 2.69. The van der Waals surface area contributed by atoms with Gasteiger partial charge in [-0.25, -0.2) is 0 Å². The summed E-state index contributed by atoms with van der Waals surface area (Å²) < 4.78 is 37.0. The first kappa shape index (κ1) is 10.9. The fourth-order valence-corrected chi connectivity index (χ4v) is 1.05. The van der Waals surface area contributed by atoms with Crippen LogP contribution >= 0.6 is 0 Å². The van der Waals surface area contributed by atoms with Gasteiger partial charge in [-0.05, 0) is 6.07 Å². The molecule has 0 aromatic carbocycles. The van der Waals surface area contributed by atoms with Crippen molar-refractivity contribution in [1.82, 2.24) is 4.98 Å². The molecule has 0 aliphatic heterocycles. The molecule has 0 bridgehead atoms. The zero-order valence-corrected chi connectivity index (χ0v) is 7.12. The van der Waals surface area contributed by atoms with E-state index < -0.39 is 18.0 Å². The van der Waals surface area contributed by atoms with Crippen molar-refractivity contribution < 1.29 is 18.3 Å². The quantitative estimate of drug-likeness (QED) is 0.761. The SMILES string of the molecule is NC[C@@H](O)c1cccnc1C(F)(F)F. The van der Waals surface area contributed by atoms with Crippen molar-refractivity contribution in [3.63, 3.8) is 0 Å². The van der Waals surface area contributed by atoms with Gasteiger partial charge in [0.05, 0.1) is 6.10 Å². The summed E-state index contributed by atoms with van der Waals surface area (Å²) in [5.41, 5.74) is 3.70. The molecule has 6 heteroatoms. The molecule has 3 nitrogen and oxygen atoms in total. The number of nitrogens with zero attached hydrogens (tertiary/aromatic N) is 1. The van der Waals surface area contributed by atoms with Crippen LogP contribution in [0, 0.1) is 0 Å². The Morgan fingerprint density at radius 2 is 2.14 bits per heavy atom. The summed E-state index contributed by atoms with van der Waals surface area (Å²) in [6.07, 6.45) is -4.87. The number of aromatic nitrogens is 1. The van der Waals surface area contributed by atoms with E-state index in [4.69, 9.17) is 5.73 Å². The van der Waals surface area contributed by atoms with Crippen LogP contribution < -0.4 is 5.73 Å². The lowest BCUT2D eigenvalue weighted by Crippen LogP contribution is -2.18. The Morgan fingerprint density at radius 3 is 2.64 bits per heavy atom. The van der Waals surface area contributed by atoms with E-state index in [0.29, 0.717) is 0 Å². The molecule has 0 aliphatic carbocycles. The van der Waals surface area contributed by atoms with Crippen LogP contribution in [0.4, 0.5) is 13.2 Å². The molecular formula is C8H9F3N2O. The Bertz CT molecular complexity index is 314. The summed E-state index contributed by atoms with van der Waals surface area (Å²) in [5, 5.41) is 9.21. The fraction of sp³-hybridized carbons (Fsp3) is 0.375. The number of hydrogen-bond donors (Lipinski definition) is 2. The molecule has 1 aromatic heterocycles. The molecule has 0 radical (unpaired) electrons. The van der Waals surface area contributed by atoms with E-state index in [0.717, 1.165) is 12.3 Å². The molecule has 0 aliphatic rings. The van der Waals surface area contributed by atoms with Crippen molar-refractivity contribution >= 4 is 0 Å². The van der Waals surface area contributed by atoms with Crippen LogP contribution in [0.25, 0.3) is 0 Å². The number of aliphatic hydroxyl groups is 1. The minimum atomic E-state index is -4.56. The van der Waals surface area contributed by atoms with Crippen molar-refractivity contribution in [3.8, 4) is 0 Å². The molecular weight excluding hydrogens is 197 g/mol. The first-order chi connectivity index (χ1) is 6.46. The van der Waals surface area contributed by atoms with Crippen LogP contribution in [0.15, 0.2) is 18.3 Å². The Hall–Kier alpha value is -1.14. The molecule has 0 unspecified atom stereocenters. The van der Waals surface area contributed by atoms with Gasteiger partial charge in [0.15, 0.2) is 0 Å². The minimum absolute atomic E-state index is 0.269. The molecule has 0 saturated carbocycles. The highest BCUT2D eigenvalue weighted by Gasteiger charge is 2.36. The molecule has 14 heavy (non-hydrogen) atoms. The number of rotatable bonds is 2. The summed E-state index contributed by atoms with van der Waals surface area (Å²) in [6, 6.07) is 2.48. The third-order valence-corrected chi connectivity index (χ3v) is 1.69. The summed E-state index contributed by atoms with van der Waals surface area (Å²) in [7, 11) is 0. The van der Waals surface area contributed by atoms with Crippen molar-refractivity contribution in [1.29, 1.82) is 0 Å². The van der Waals surface area contributed by atoms with Gasteiger partial charge in [0.2, 0.25) is 0 Å². The molecule has 1 rings (SSSR count). The zero-order chi connectivity index (χ0) is 10.8. The van der Waals surface area contributed by atoms with Crippen LogP contribution in [0.2, 0.25) is 0 Å². The second-order valence-electron chi connectivity index (χ2n) is 2.69. The minimum Gasteiger partial charge on any atom is -0.387 e. The average molecular weight is 206 g/mol. The van der Waals surface area contributed by atoms with Crippen LogP contribution in [0.1, 0.15) is 17.4 Å². The van der Waals surface area contributed by atoms with Crippen LogP contribution in [0.3, 0.4) is 0 Å². The molecule has 0 spiro atoms. The van der Waals surface area contributed by atoms with Crippen molar-refractivity contribution in [2.75, 3.05) is 6.54 Å². The Labute approximate surface area is 78.4 Å². The van der Waals surface area contributed by atoms with E-state index in [9.17, 15) is 18.3 Å². The third-order valence-electron chi connectivity index (χ3n) is 1.69. The van der Waals surface area contributed by atoms with Gasteiger partial charge in [-0.2, -0.15) is 13.2 Å². The smallest absolute Gasteiger partial charge is 0.387 e. The maximum absolute atomic E-state index is 12.3. The van der Waals surface area contributed by atoms with Crippen LogP contribution in [0.5, 0.6) is 0 Å². The van der Waals surface area contributed by atoms with E-state index in [1.54, 1.807) is 0 Å². The topological polar surface area (TPSA) is 59.1 Å². The highest BCUT2D eigenvalue weighted by molar-refractivity contribution is 5.24. The van der Waals surface area contributed by atoms with Gasteiger partial charge >= 0.3 is 6.18 Å². The van der Waals surface area contributed by atoms with E-state index in [2.05, 4.69) is 4.98 Å². The first-order valence-corrected chi connectivity index (χ1v) is 3.87. The summed E-state index contributed by atoms with van der Waals surface area (Å²) in [4.78, 5) is 3.18. The van der Waals surface area contributed by atoms with Gasteiger partial charge in [-0.3, -0.25) is 4.98 Å². The lowest BCUT2D eigenvalue weighted by molar-refractivity contribution is -0.142. The Balaban J connectivity index is 3.16. The van der Waals surface area contributed by atoms with Gasteiger partial charge in [0.1, 0.15) is 5.69 Å². The van der Waals surface area contributed by atoms with Crippen molar-refractivity contribution in [3.05, 3.63) is 29.6 Å². The molecule has 1 aromatic rings. The maximum atomic E-state index is 12.3. The number of nitrogens with two attached hydrogens (primary N) is 1. The summed E-state index contributed by atoms with van der Waals surface area (Å²) >= 11 is 0. The van der Waals surface area contributed by atoms with Gasteiger partial charge in [0, 0.05) is 18.3 Å². The summed E-state index contributed by atoms with van der Waals surface area (Å²) in [5.74, 6) is 0. The van der Waals surface area contributed by atoms with Crippen molar-refractivity contribution in [2.45, 2.75) is 12.3 Å². The number of aliphatic hydroxyl groups excluding tert-OH is 1. The standard InChI is InChI=1S/C8H9F3N2O/c9-8(10,11)7-5(6(14)4-12)2-1-3-13-7/h1-3,6,14H,4,12H2/t6-/m1/s1. The Morgan fingerprint density at radius 1 is 1.50 bits per heavy atom. The molecule has 3 N–H and O–H groups in total. The van der Waals surface area contributed by atoms with Crippen molar-refractivity contribution in [2.24, 2.45) is 5.73 Å². The molecule has 78 valence electrons. The molecule has 0 amide bonds. The average Bonchev–Trinajstić information content (AvgIpc) is 2.15. The predicted octanol–water partition coefficient (Wildman–Crippen LogP) is 1.09. The van der Waals surface area contributed by atoms with Gasteiger partial charge < -0.3 is 10.8 Å². The van der Waals surface area contributed by atoms with Crippen LogP contribution in [-0.2, 0) is 6.18 Å². The largest absolute Gasteiger partial charge is 0.433 e. The highest BCUT2D eigenvalue weighted by Crippen LogP contribution is 2.32. The van der Waals surface area contributed by atoms with E-state index >= 15 is 0 Å². The number of pyridine rings is 1. The number of halogens is 3. The maximum Gasteiger partial charge on any atom is 0.433 e. The molecule has 1 atom stereocenters. The van der Waals surface area contributed by atoms with Gasteiger partial charge in [-0.15, -0.1) is 0 Å². The lowest BCUT2D eigenvalue weighted by atomic mass is 10.1. The fourth-order valence-electron chi connectivity index (χ4n) is 1.05. The van der Waals surface area contributed by atoms with E-state index in [1.165, 1.54) is 6.07 Å². The summed E-state index contributed by atoms with van der Waals surface area (Å²) in [6.45, 7) is -0.269. The van der Waals surface area contributed by atoms with E-state index in [1.807, 2.05) is 0 Å². The normalized spacial score (nSPS) is 14.1. The van der Waals surface area contributed by atoms with Crippen LogP contribution in [-0.4, -0.2) is 16.6 Å². The number of alkyl halides is 3. The third kappa shape index (κ3) is 2.21.